The Morgan fingerprint density at radius 1 is 1.06 bits per heavy atom. The molecule has 2 aliphatic rings. The van der Waals surface area contributed by atoms with Crippen LogP contribution >= 0.6 is 0 Å². The molecule has 1 unspecified atom stereocenters. The molecular formula is C16H32N2. The van der Waals surface area contributed by atoms with Crippen molar-refractivity contribution in [1.82, 2.24) is 10.2 Å². The summed E-state index contributed by atoms with van der Waals surface area (Å²) in [6.45, 7) is 11.2. The van der Waals surface area contributed by atoms with Gasteiger partial charge in [-0.25, -0.2) is 0 Å². The fraction of sp³-hybridized carbons (Fsp3) is 1.00. The summed E-state index contributed by atoms with van der Waals surface area (Å²) in [6, 6.07) is 0. The fourth-order valence-corrected chi connectivity index (χ4v) is 3.61. The first-order chi connectivity index (χ1) is 8.78. The van der Waals surface area contributed by atoms with Crippen LogP contribution in [0.25, 0.3) is 0 Å². The van der Waals surface area contributed by atoms with Crippen molar-refractivity contribution in [2.45, 2.75) is 52.4 Å². The Labute approximate surface area is 114 Å². The highest BCUT2D eigenvalue weighted by Gasteiger charge is 2.26. The first kappa shape index (κ1) is 14.3. The predicted molar refractivity (Wildman–Crippen MR) is 78.8 cm³/mol. The number of hydrogen-bond acceptors (Lipinski definition) is 2. The van der Waals surface area contributed by atoms with Crippen LogP contribution in [0.4, 0.5) is 0 Å². The predicted octanol–water partition coefficient (Wildman–Crippen LogP) is 3.13. The van der Waals surface area contributed by atoms with Gasteiger partial charge in [0.25, 0.3) is 0 Å². The van der Waals surface area contributed by atoms with Gasteiger partial charge in [0.2, 0.25) is 0 Å². The summed E-state index contributed by atoms with van der Waals surface area (Å²) < 4.78 is 0. The third kappa shape index (κ3) is 4.55. The van der Waals surface area contributed by atoms with Crippen LogP contribution in [0.5, 0.6) is 0 Å². The highest BCUT2D eigenvalue weighted by Crippen LogP contribution is 2.30. The summed E-state index contributed by atoms with van der Waals surface area (Å²) in [7, 11) is 0. The van der Waals surface area contributed by atoms with Crippen LogP contribution in [0.15, 0.2) is 0 Å². The number of hydrogen-bond donors (Lipinski definition) is 1. The molecule has 0 radical (unpaired) electrons. The Kier molecular flexibility index (Phi) is 5.97. The summed E-state index contributed by atoms with van der Waals surface area (Å²) in [5, 5.41) is 3.58. The summed E-state index contributed by atoms with van der Waals surface area (Å²) in [4.78, 5) is 2.74. The average Bonchev–Trinajstić information content (AvgIpc) is 2.80. The molecule has 0 amide bonds. The van der Waals surface area contributed by atoms with Crippen LogP contribution in [-0.2, 0) is 0 Å². The molecule has 1 aliphatic heterocycles. The molecule has 106 valence electrons. The van der Waals surface area contributed by atoms with Gasteiger partial charge in [-0.3, -0.25) is 0 Å². The van der Waals surface area contributed by atoms with Gasteiger partial charge in [0.05, 0.1) is 0 Å². The van der Waals surface area contributed by atoms with Gasteiger partial charge in [-0.2, -0.15) is 0 Å². The van der Waals surface area contributed by atoms with Crippen LogP contribution in [0.1, 0.15) is 52.4 Å². The molecular weight excluding hydrogens is 220 g/mol. The van der Waals surface area contributed by atoms with Crippen LogP contribution < -0.4 is 5.32 Å². The molecule has 18 heavy (non-hydrogen) atoms. The molecule has 1 saturated heterocycles. The van der Waals surface area contributed by atoms with Gasteiger partial charge in [0.15, 0.2) is 0 Å². The van der Waals surface area contributed by atoms with E-state index < -0.39 is 0 Å². The molecule has 1 N–H and O–H groups in total. The molecule has 0 aromatic rings. The Bertz CT molecular complexity index is 221. The molecule has 0 bridgehead atoms. The summed E-state index contributed by atoms with van der Waals surface area (Å²) >= 11 is 0. The highest BCUT2D eigenvalue weighted by atomic mass is 15.2. The van der Waals surface area contributed by atoms with Crippen LogP contribution in [-0.4, -0.2) is 37.6 Å². The number of likely N-dealkylation sites (tertiary alicyclic amines) is 1. The largest absolute Gasteiger partial charge is 0.316 e. The van der Waals surface area contributed by atoms with Crippen molar-refractivity contribution in [3.63, 3.8) is 0 Å². The van der Waals surface area contributed by atoms with Crippen LogP contribution in [0.3, 0.4) is 0 Å². The van der Waals surface area contributed by atoms with Crippen molar-refractivity contribution >= 4 is 0 Å². The normalized spacial score (nSPS) is 34.0. The lowest BCUT2D eigenvalue weighted by Crippen LogP contribution is -2.31. The van der Waals surface area contributed by atoms with Crippen LogP contribution in [0, 0.1) is 17.8 Å². The topological polar surface area (TPSA) is 15.3 Å². The molecule has 0 aromatic heterocycles. The van der Waals surface area contributed by atoms with Crippen LogP contribution in [0.2, 0.25) is 0 Å². The van der Waals surface area contributed by atoms with E-state index >= 15 is 0 Å². The molecule has 0 aromatic carbocycles. The zero-order valence-corrected chi connectivity index (χ0v) is 12.5. The minimum Gasteiger partial charge on any atom is -0.316 e. The third-order valence-electron chi connectivity index (χ3n) is 4.88. The van der Waals surface area contributed by atoms with Crippen molar-refractivity contribution in [2.75, 3.05) is 32.7 Å². The summed E-state index contributed by atoms with van der Waals surface area (Å²) in [6.07, 6.45) is 8.59. The lowest BCUT2D eigenvalue weighted by molar-refractivity contribution is 0.205. The molecule has 2 fully saturated rings. The lowest BCUT2D eigenvalue weighted by Gasteiger charge is -2.29. The number of rotatable bonds is 6. The van der Waals surface area contributed by atoms with Crippen molar-refractivity contribution in [1.29, 1.82) is 0 Å². The maximum Gasteiger partial charge on any atom is 0.00224 e. The van der Waals surface area contributed by atoms with E-state index in [0.29, 0.717) is 0 Å². The zero-order valence-electron chi connectivity index (χ0n) is 12.5. The maximum absolute atomic E-state index is 3.58. The van der Waals surface area contributed by atoms with Gasteiger partial charge in [-0.05, 0) is 63.1 Å². The molecule has 2 heteroatoms. The lowest BCUT2D eigenvalue weighted by atomic mass is 9.83. The van der Waals surface area contributed by atoms with E-state index in [0.717, 1.165) is 17.8 Å². The zero-order chi connectivity index (χ0) is 12.8. The molecule has 2 nitrogen and oxygen atoms in total. The molecule has 1 atom stereocenters. The number of nitrogens with one attached hydrogen (secondary N) is 1. The maximum atomic E-state index is 3.58. The van der Waals surface area contributed by atoms with Gasteiger partial charge < -0.3 is 10.2 Å². The van der Waals surface area contributed by atoms with Gasteiger partial charge in [0.1, 0.15) is 0 Å². The van der Waals surface area contributed by atoms with E-state index in [2.05, 4.69) is 24.1 Å². The van der Waals surface area contributed by atoms with Gasteiger partial charge >= 0.3 is 0 Å². The molecule has 1 aliphatic carbocycles. The van der Waals surface area contributed by atoms with Crippen molar-refractivity contribution < 1.29 is 0 Å². The molecule has 1 saturated carbocycles. The second-order valence-corrected chi connectivity index (χ2v) is 6.74. The second-order valence-electron chi connectivity index (χ2n) is 6.74. The SMILES string of the molecule is CCCNCC1CCN(CC2CCC(C)CC2)C1. The first-order valence-electron chi connectivity index (χ1n) is 8.21. The quantitative estimate of drug-likeness (QED) is 0.731. The third-order valence-corrected chi connectivity index (χ3v) is 4.88. The minimum absolute atomic E-state index is 0.916. The monoisotopic (exact) mass is 252 g/mol. The highest BCUT2D eigenvalue weighted by molar-refractivity contribution is 4.80. The van der Waals surface area contributed by atoms with Gasteiger partial charge in [0, 0.05) is 13.1 Å². The molecule has 0 spiro atoms. The van der Waals surface area contributed by atoms with E-state index in [1.165, 1.54) is 71.2 Å². The average molecular weight is 252 g/mol. The summed E-state index contributed by atoms with van der Waals surface area (Å²) in [5.41, 5.74) is 0. The van der Waals surface area contributed by atoms with Gasteiger partial charge in [-0.1, -0.05) is 26.7 Å². The smallest absolute Gasteiger partial charge is 0.00224 e. The Hall–Kier alpha value is -0.0800. The van der Waals surface area contributed by atoms with Crippen molar-refractivity contribution in [3.05, 3.63) is 0 Å². The van der Waals surface area contributed by atoms with E-state index in [1.54, 1.807) is 0 Å². The Morgan fingerprint density at radius 3 is 2.56 bits per heavy atom. The molecule has 1 heterocycles. The van der Waals surface area contributed by atoms with E-state index in [1.807, 2.05) is 0 Å². The van der Waals surface area contributed by atoms with Crippen molar-refractivity contribution in [2.24, 2.45) is 17.8 Å². The minimum atomic E-state index is 0.916. The second kappa shape index (κ2) is 7.49. The molecule has 2 rings (SSSR count). The summed E-state index contributed by atoms with van der Waals surface area (Å²) in [5.74, 6) is 2.91. The Morgan fingerprint density at radius 2 is 1.83 bits per heavy atom. The standard InChI is InChI=1S/C16H32N2/c1-3-9-17-11-16-8-10-18(13-16)12-15-6-4-14(2)5-7-15/h14-17H,3-13H2,1-2H3. The number of nitrogens with zero attached hydrogens (tertiary/aromatic N) is 1. The first-order valence-corrected chi connectivity index (χ1v) is 8.21. The van der Waals surface area contributed by atoms with Gasteiger partial charge in [-0.15, -0.1) is 0 Å². The fourth-order valence-electron chi connectivity index (χ4n) is 3.61. The van der Waals surface area contributed by atoms with E-state index in [-0.39, 0.29) is 0 Å². The van der Waals surface area contributed by atoms with E-state index in [4.69, 9.17) is 0 Å². The van der Waals surface area contributed by atoms with E-state index in [9.17, 15) is 0 Å². The van der Waals surface area contributed by atoms with Crippen molar-refractivity contribution in [3.8, 4) is 0 Å². The Balaban J connectivity index is 1.60.